The maximum atomic E-state index is 11.7. The van der Waals surface area contributed by atoms with Crippen molar-refractivity contribution in [1.29, 1.82) is 0 Å². The lowest BCUT2D eigenvalue weighted by molar-refractivity contribution is -0.0295. The number of carboxylic acids is 2. The quantitative estimate of drug-likeness (QED) is 0.195. The summed E-state index contributed by atoms with van der Waals surface area (Å²) in [6.07, 6.45) is 1.75. The molecular formula is C20H30O10. The highest BCUT2D eigenvalue weighted by Crippen LogP contribution is 2.21. The maximum Gasteiger partial charge on any atom is 0.335 e. The van der Waals surface area contributed by atoms with Crippen molar-refractivity contribution in [3.05, 3.63) is 34.4 Å². The first kappa shape index (κ1) is 26.0. The summed E-state index contributed by atoms with van der Waals surface area (Å²) in [6.45, 7) is 1.09. The normalized spacial score (nSPS) is 11.0. The third-order valence-corrected chi connectivity index (χ3v) is 4.17. The summed E-state index contributed by atoms with van der Waals surface area (Å²) in [5.41, 5.74) is 0.837. The molecule has 10 heteroatoms. The number of carbonyl (C=O) groups is 2. The van der Waals surface area contributed by atoms with E-state index in [9.17, 15) is 19.8 Å². The molecule has 1 aromatic carbocycles. The van der Waals surface area contributed by atoms with Crippen molar-refractivity contribution < 1.29 is 49.0 Å². The Bertz CT molecular complexity index is 611. The van der Waals surface area contributed by atoms with Crippen molar-refractivity contribution >= 4 is 11.9 Å². The molecule has 0 amide bonds. The highest BCUT2D eigenvalue weighted by molar-refractivity contribution is 5.97. The van der Waals surface area contributed by atoms with Gasteiger partial charge in [-0.05, 0) is 48.9 Å². The third-order valence-electron chi connectivity index (χ3n) is 4.17. The van der Waals surface area contributed by atoms with Crippen LogP contribution in [0.1, 0.15) is 44.7 Å². The van der Waals surface area contributed by atoms with E-state index < -0.39 is 11.9 Å². The Kier molecular flexibility index (Phi) is 13.6. The van der Waals surface area contributed by atoms with Crippen LogP contribution in [0.4, 0.5) is 0 Å². The molecule has 30 heavy (non-hydrogen) atoms. The molecule has 1 rings (SSSR count). The number of aliphatic hydroxyl groups is 2. The van der Waals surface area contributed by atoms with E-state index in [1.54, 1.807) is 0 Å². The zero-order valence-corrected chi connectivity index (χ0v) is 16.9. The maximum absolute atomic E-state index is 11.7. The summed E-state index contributed by atoms with van der Waals surface area (Å²) in [7, 11) is 0. The second kappa shape index (κ2) is 15.7. The summed E-state index contributed by atoms with van der Waals surface area (Å²) in [4.78, 5) is 23.4. The van der Waals surface area contributed by atoms with Crippen molar-refractivity contribution in [2.45, 2.75) is 25.7 Å². The number of hydrogen-bond acceptors (Lipinski definition) is 8. The van der Waals surface area contributed by atoms with E-state index in [0.29, 0.717) is 44.6 Å². The molecule has 0 spiro atoms. The molecular weight excluding hydrogens is 400 g/mol. The molecule has 0 aliphatic rings. The molecule has 0 radical (unpaired) electrons. The summed E-state index contributed by atoms with van der Waals surface area (Å²) in [5, 5.41) is 36.1. The zero-order chi connectivity index (χ0) is 22.2. The van der Waals surface area contributed by atoms with Gasteiger partial charge in [-0.2, -0.15) is 0 Å². The summed E-state index contributed by atoms with van der Waals surface area (Å²) < 4.78 is 20.1. The Labute approximate surface area is 174 Å². The zero-order valence-electron chi connectivity index (χ0n) is 16.9. The van der Waals surface area contributed by atoms with Gasteiger partial charge in [-0.3, -0.25) is 0 Å². The first-order chi connectivity index (χ1) is 14.5. The molecule has 10 nitrogen and oxygen atoms in total. The van der Waals surface area contributed by atoms with Crippen LogP contribution in [0.3, 0.4) is 0 Å². The van der Waals surface area contributed by atoms with Crippen LogP contribution >= 0.6 is 0 Å². The van der Waals surface area contributed by atoms with Gasteiger partial charge in [0.2, 0.25) is 0 Å². The van der Waals surface area contributed by atoms with E-state index >= 15 is 0 Å². The average molecular weight is 430 g/mol. The SMILES string of the molecule is O=C(O)c1cc(CCCOCCOCO)cc(C(=O)O)c1CCCOCCOCO. The van der Waals surface area contributed by atoms with Crippen molar-refractivity contribution in [3.8, 4) is 0 Å². The molecule has 0 aromatic heterocycles. The molecule has 0 heterocycles. The highest BCUT2D eigenvalue weighted by Gasteiger charge is 2.20. The molecule has 0 aliphatic carbocycles. The minimum Gasteiger partial charge on any atom is -0.478 e. The number of aryl methyl sites for hydroxylation is 1. The van der Waals surface area contributed by atoms with Crippen molar-refractivity contribution in [3.63, 3.8) is 0 Å². The first-order valence-corrected chi connectivity index (χ1v) is 9.66. The summed E-state index contributed by atoms with van der Waals surface area (Å²) >= 11 is 0. The fourth-order valence-electron chi connectivity index (χ4n) is 2.83. The molecule has 0 unspecified atom stereocenters. The van der Waals surface area contributed by atoms with Gasteiger partial charge in [-0.25, -0.2) is 9.59 Å². The van der Waals surface area contributed by atoms with Gasteiger partial charge in [0, 0.05) is 13.2 Å². The molecule has 0 saturated carbocycles. The topological polar surface area (TPSA) is 152 Å². The van der Waals surface area contributed by atoms with Crippen LogP contribution in [-0.4, -0.2) is 85.6 Å². The fraction of sp³-hybridized carbons (Fsp3) is 0.600. The predicted molar refractivity (Wildman–Crippen MR) is 105 cm³/mol. The van der Waals surface area contributed by atoms with Gasteiger partial charge >= 0.3 is 11.9 Å². The van der Waals surface area contributed by atoms with Crippen molar-refractivity contribution in [2.24, 2.45) is 0 Å². The largest absolute Gasteiger partial charge is 0.478 e. The predicted octanol–water partition coefficient (Wildman–Crippen LogP) is 0.914. The minimum absolute atomic E-state index is 0.0224. The Morgan fingerprint density at radius 1 is 0.667 bits per heavy atom. The third kappa shape index (κ3) is 10.1. The monoisotopic (exact) mass is 430 g/mol. The Balaban J connectivity index is 2.69. The summed E-state index contributed by atoms with van der Waals surface area (Å²) in [5.74, 6) is -2.35. The Hall–Kier alpha value is -2.08. The lowest BCUT2D eigenvalue weighted by Crippen LogP contribution is -2.13. The van der Waals surface area contributed by atoms with E-state index in [1.165, 1.54) is 12.1 Å². The molecule has 170 valence electrons. The molecule has 0 atom stereocenters. The molecule has 0 saturated heterocycles. The number of benzene rings is 1. The van der Waals surface area contributed by atoms with Crippen LogP contribution in [0.25, 0.3) is 0 Å². The van der Waals surface area contributed by atoms with Crippen LogP contribution in [0.15, 0.2) is 12.1 Å². The number of hydrogen-bond donors (Lipinski definition) is 4. The molecule has 0 aliphatic heterocycles. The van der Waals surface area contributed by atoms with Crippen LogP contribution in [-0.2, 0) is 31.8 Å². The number of aliphatic hydroxyl groups excluding tert-OH is 2. The second-order valence-electron chi connectivity index (χ2n) is 6.29. The summed E-state index contributed by atoms with van der Waals surface area (Å²) in [6, 6.07) is 3.02. The van der Waals surface area contributed by atoms with Gasteiger partial charge in [0.1, 0.15) is 13.6 Å². The van der Waals surface area contributed by atoms with Gasteiger partial charge < -0.3 is 39.4 Å². The Morgan fingerprint density at radius 2 is 1.10 bits per heavy atom. The van der Waals surface area contributed by atoms with Crippen LogP contribution in [0, 0.1) is 0 Å². The van der Waals surface area contributed by atoms with E-state index in [-0.39, 0.29) is 56.5 Å². The molecule has 0 fully saturated rings. The first-order valence-electron chi connectivity index (χ1n) is 9.66. The number of carboxylic acid groups (broad SMARTS) is 2. The van der Waals surface area contributed by atoms with Gasteiger partial charge in [0.25, 0.3) is 0 Å². The van der Waals surface area contributed by atoms with E-state index in [2.05, 4.69) is 0 Å². The van der Waals surface area contributed by atoms with Crippen molar-refractivity contribution in [1.82, 2.24) is 0 Å². The van der Waals surface area contributed by atoms with Gasteiger partial charge in [0.15, 0.2) is 0 Å². The van der Waals surface area contributed by atoms with Crippen LogP contribution < -0.4 is 0 Å². The standard InChI is InChI=1S/C20H30O10/c21-13-29-9-7-27-5-1-3-15-11-17(19(23)24)16(18(12-15)20(25)26)4-2-6-28-8-10-30-14-22/h11-12,21-22H,1-10,13-14H2,(H,23,24)(H,25,26). The molecule has 0 bridgehead atoms. The van der Waals surface area contributed by atoms with Gasteiger partial charge in [-0.15, -0.1) is 0 Å². The van der Waals surface area contributed by atoms with E-state index in [4.69, 9.17) is 29.2 Å². The van der Waals surface area contributed by atoms with Gasteiger partial charge in [-0.1, -0.05) is 0 Å². The van der Waals surface area contributed by atoms with E-state index in [1.807, 2.05) is 0 Å². The number of aromatic carboxylic acids is 2. The van der Waals surface area contributed by atoms with Crippen molar-refractivity contribution in [2.75, 3.05) is 53.2 Å². The second-order valence-corrected chi connectivity index (χ2v) is 6.29. The smallest absolute Gasteiger partial charge is 0.335 e. The molecule has 1 aromatic rings. The lowest BCUT2D eigenvalue weighted by Gasteiger charge is -2.13. The van der Waals surface area contributed by atoms with Crippen LogP contribution in [0.2, 0.25) is 0 Å². The average Bonchev–Trinajstić information content (AvgIpc) is 2.72. The van der Waals surface area contributed by atoms with Crippen LogP contribution in [0.5, 0.6) is 0 Å². The number of ether oxygens (including phenoxy) is 4. The van der Waals surface area contributed by atoms with E-state index in [0.717, 1.165) is 0 Å². The van der Waals surface area contributed by atoms with Gasteiger partial charge in [0.05, 0.1) is 37.6 Å². The number of rotatable bonds is 18. The Morgan fingerprint density at radius 3 is 1.53 bits per heavy atom. The lowest BCUT2D eigenvalue weighted by atomic mass is 9.93. The highest BCUT2D eigenvalue weighted by atomic mass is 16.6. The molecule has 4 N–H and O–H groups in total. The fourth-order valence-corrected chi connectivity index (χ4v) is 2.83. The minimum atomic E-state index is -1.18.